The van der Waals surface area contributed by atoms with E-state index in [1.807, 2.05) is 31.3 Å². The van der Waals surface area contributed by atoms with Gasteiger partial charge < -0.3 is 19.1 Å². The maximum absolute atomic E-state index is 10.4. The number of hydrogen-bond donors (Lipinski definition) is 1. The van der Waals surface area contributed by atoms with Crippen molar-refractivity contribution >= 4 is 0 Å². The second-order valence-corrected chi connectivity index (χ2v) is 4.25. The summed E-state index contributed by atoms with van der Waals surface area (Å²) < 4.78 is 12.4. The van der Waals surface area contributed by atoms with Crippen LogP contribution in [-0.4, -0.2) is 35.0 Å². The second kappa shape index (κ2) is 6.36. The van der Waals surface area contributed by atoms with Gasteiger partial charge in [0.2, 0.25) is 0 Å². The van der Waals surface area contributed by atoms with Crippen molar-refractivity contribution in [1.29, 1.82) is 0 Å². The summed E-state index contributed by atoms with van der Waals surface area (Å²) in [5.74, 6) is 0.651. The van der Waals surface area contributed by atoms with Gasteiger partial charge in [0.05, 0.1) is 18.6 Å². The molecular formula is C14H18N2O3. The fourth-order valence-corrected chi connectivity index (χ4v) is 1.81. The molecular weight excluding hydrogens is 244 g/mol. The van der Waals surface area contributed by atoms with Gasteiger partial charge >= 0.3 is 0 Å². The summed E-state index contributed by atoms with van der Waals surface area (Å²) in [4.78, 5) is 4.16. The van der Waals surface area contributed by atoms with E-state index in [-0.39, 0.29) is 0 Å². The average molecular weight is 262 g/mol. The number of benzene rings is 1. The van der Waals surface area contributed by atoms with Gasteiger partial charge in [-0.15, -0.1) is 0 Å². The molecule has 0 bridgehead atoms. The van der Waals surface area contributed by atoms with Crippen LogP contribution in [0, 0.1) is 0 Å². The highest BCUT2D eigenvalue weighted by atomic mass is 16.5. The lowest BCUT2D eigenvalue weighted by atomic mass is 10.1. The molecule has 0 aliphatic rings. The first kappa shape index (κ1) is 13.6. The molecule has 1 aromatic heterocycles. The number of aliphatic hydroxyl groups excluding tert-OH is 1. The minimum atomic E-state index is -0.792. The first-order chi connectivity index (χ1) is 9.22. The molecule has 1 N–H and O–H groups in total. The van der Waals surface area contributed by atoms with Gasteiger partial charge in [-0.2, -0.15) is 0 Å². The predicted molar refractivity (Wildman–Crippen MR) is 71.1 cm³/mol. The Bertz CT molecular complexity index is 525. The first-order valence-corrected chi connectivity index (χ1v) is 6.09. The van der Waals surface area contributed by atoms with Crippen molar-refractivity contribution in [3.05, 3.63) is 48.0 Å². The Hall–Kier alpha value is -1.85. The van der Waals surface area contributed by atoms with E-state index in [1.54, 1.807) is 24.2 Å². The van der Waals surface area contributed by atoms with Crippen LogP contribution >= 0.6 is 0 Å². The van der Waals surface area contributed by atoms with Gasteiger partial charge in [-0.1, -0.05) is 18.2 Å². The lowest BCUT2D eigenvalue weighted by Gasteiger charge is -2.14. The van der Waals surface area contributed by atoms with E-state index in [2.05, 4.69) is 4.98 Å². The zero-order chi connectivity index (χ0) is 13.7. The van der Waals surface area contributed by atoms with Gasteiger partial charge in [0.1, 0.15) is 18.5 Å². The number of aliphatic hydroxyl groups is 1. The van der Waals surface area contributed by atoms with Gasteiger partial charge in [-0.05, 0) is 6.07 Å². The van der Waals surface area contributed by atoms with Crippen LogP contribution in [0.1, 0.15) is 17.4 Å². The van der Waals surface area contributed by atoms with Crippen molar-refractivity contribution < 1.29 is 14.6 Å². The smallest absolute Gasteiger partial charge is 0.126 e. The highest BCUT2D eigenvalue weighted by Crippen LogP contribution is 2.28. The monoisotopic (exact) mass is 262 g/mol. The number of imidazole rings is 1. The summed E-state index contributed by atoms with van der Waals surface area (Å²) >= 11 is 0. The average Bonchev–Trinajstić information content (AvgIpc) is 2.85. The molecule has 2 rings (SSSR count). The topological polar surface area (TPSA) is 56.5 Å². The Balaban J connectivity index is 2.18. The molecule has 1 atom stereocenters. The molecule has 0 spiro atoms. The lowest BCUT2D eigenvalue weighted by molar-refractivity contribution is 0.142. The molecule has 102 valence electrons. The molecule has 5 nitrogen and oxygen atoms in total. The summed E-state index contributed by atoms with van der Waals surface area (Å²) in [7, 11) is 3.49. The van der Waals surface area contributed by atoms with Crippen LogP contribution in [0.2, 0.25) is 0 Å². The third-order valence-electron chi connectivity index (χ3n) is 2.76. The molecule has 0 fully saturated rings. The molecule has 0 aliphatic heterocycles. The second-order valence-electron chi connectivity index (χ2n) is 4.25. The largest absolute Gasteiger partial charge is 0.491 e. The Morgan fingerprint density at radius 2 is 2.11 bits per heavy atom. The molecule has 1 unspecified atom stereocenters. The van der Waals surface area contributed by atoms with E-state index in [0.717, 1.165) is 0 Å². The number of methoxy groups -OCH3 is 1. The molecule has 5 heteroatoms. The van der Waals surface area contributed by atoms with E-state index < -0.39 is 6.10 Å². The van der Waals surface area contributed by atoms with Gasteiger partial charge in [0.25, 0.3) is 0 Å². The van der Waals surface area contributed by atoms with Crippen molar-refractivity contribution in [2.75, 3.05) is 20.3 Å². The fourth-order valence-electron chi connectivity index (χ4n) is 1.81. The van der Waals surface area contributed by atoms with Crippen LogP contribution in [-0.2, 0) is 11.8 Å². The van der Waals surface area contributed by atoms with Gasteiger partial charge in [-0.25, -0.2) is 4.98 Å². The van der Waals surface area contributed by atoms with Crippen LogP contribution in [0.5, 0.6) is 5.75 Å². The maximum atomic E-state index is 10.4. The lowest BCUT2D eigenvalue weighted by Crippen LogP contribution is -2.08. The highest BCUT2D eigenvalue weighted by Gasteiger charge is 2.17. The molecule has 2 aromatic rings. The number of aromatic nitrogens is 2. The van der Waals surface area contributed by atoms with Crippen LogP contribution < -0.4 is 4.74 Å². The molecule has 0 saturated carbocycles. The van der Waals surface area contributed by atoms with Crippen molar-refractivity contribution in [2.45, 2.75) is 6.10 Å². The summed E-state index contributed by atoms with van der Waals surface area (Å²) in [6.07, 6.45) is 2.66. The highest BCUT2D eigenvalue weighted by molar-refractivity contribution is 5.38. The molecule has 19 heavy (non-hydrogen) atoms. The normalized spacial score (nSPS) is 12.4. The molecule has 1 heterocycles. The van der Waals surface area contributed by atoms with Crippen LogP contribution in [0.4, 0.5) is 0 Å². The SMILES string of the molecule is COCCOc1ccccc1C(O)c1cn(C)cn1. The molecule has 0 aliphatic carbocycles. The van der Waals surface area contributed by atoms with E-state index in [0.29, 0.717) is 30.2 Å². The van der Waals surface area contributed by atoms with E-state index in [9.17, 15) is 5.11 Å². The molecule has 0 saturated heterocycles. The molecule has 0 amide bonds. The summed E-state index contributed by atoms with van der Waals surface area (Å²) in [6, 6.07) is 7.40. The van der Waals surface area contributed by atoms with E-state index in [1.165, 1.54) is 0 Å². The zero-order valence-corrected chi connectivity index (χ0v) is 11.1. The Morgan fingerprint density at radius 3 is 2.79 bits per heavy atom. The standard InChI is InChI=1S/C14H18N2O3/c1-16-9-12(15-10-16)14(17)11-5-3-4-6-13(11)19-8-7-18-2/h3-6,9-10,14,17H,7-8H2,1-2H3. The summed E-state index contributed by atoms with van der Waals surface area (Å²) in [5, 5.41) is 10.4. The fraction of sp³-hybridized carbons (Fsp3) is 0.357. The summed E-state index contributed by atoms with van der Waals surface area (Å²) in [5.41, 5.74) is 1.31. The quantitative estimate of drug-likeness (QED) is 0.802. The molecule has 1 aromatic carbocycles. The maximum Gasteiger partial charge on any atom is 0.126 e. The van der Waals surface area contributed by atoms with E-state index in [4.69, 9.17) is 9.47 Å². The minimum Gasteiger partial charge on any atom is -0.491 e. The van der Waals surface area contributed by atoms with Crippen molar-refractivity contribution in [3.8, 4) is 5.75 Å². The minimum absolute atomic E-state index is 0.447. The number of nitrogens with zero attached hydrogens (tertiary/aromatic N) is 2. The molecule has 0 radical (unpaired) electrons. The Labute approximate surface area is 112 Å². The van der Waals surface area contributed by atoms with Crippen LogP contribution in [0.15, 0.2) is 36.8 Å². The van der Waals surface area contributed by atoms with Gasteiger partial charge in [0, 0.05) is 25.9 Å². The first-order valence-electron chi connectivity index (χ1n) is 6.09. The van der Waals surface area contributed by atoms with Crippen LogP contribution in [0.3, 0.4) is 0 Å². The number of para-hydroxylation sites is 1. The Kier molecular flexibility index (Phi) is 4.54. The summed E-state index contributed by atoms with van der Waals surface area (Å²) in [6.45, 7) is 0.955. The van der Waals surface area contributed by atoms with Gasteiger partial charge in [0.15, 0.2) is 0 Å². The third kappa shape index (κ3) is 3.33. The van der Waals surface area contributed by atoms with Crippen molar-refractivity contribution in [3.63, 3.8) is 0 Å². The number of ether oxygens (including phenoxy) is 2. The van der Waals surface area contributed by atoms with Crippen LogP contribution in [0.25, 0.3) is 0 Å². The van der Waals surface area contributed by atoms with Crippen molar-refractivity contribution in [2.24, 2.45) is 7.05 Å². The van der Waals surface area contributed by atoms with Gasteiger partial charge in [-0.3, -0.25) is 0 Å². The number of aryl methyl sites for hydroxylation is 1. The number of rotatable bonds is 6. The third-order valence-corrected chi connectivity index (χ3v) is 2.76. The number of hydrogen-bond acceptors (Lipinski definition) is 4. The zero-order valence-electron chi connectivity index (χ0n) is 11.1. The predicted octanol–water partition coefficient (Wildman–Crippen LogP) is 1.53. The van der Waals surface area contributed by atoms with Crippen molar-refractivity contribution in [1.82, 2.24) is 9.55 Å². The van der Waals surface area contributed by atoms with E-state index >= 15 is 0 Å². The Morgan fingerprint density at radius 1 is 1.32 bits per heavy atom.